The van der Waals surface area contributed by atoms with Crippen LogP contribution in [-0.2, 0) is 6.42 Å². The standard InChI is InChI=1S/C12H15NO3/c1-7-4-8-5-10(15-2)11(16-3)6-9(8)12(7)13-14/h5-7,14H,4H2,1-3H3/b13-12+. The van der Waals surface area contributed by atoms with E-state index in [2.05, 4.69) is 5.16 Å². The number of nitrogens with zero attached hydrogens (tertiary/aromatic N) is 1. The van der Waals surface area contributed by atoms with E-state index in [1.54, 1.807) is 14.2 Å². The Hall–Kier alpha value is -1.71. The van der Waals surface area contributed by atoms with E-state index in [1.807, 2.05) is 19.1 Å². The van der Waals surface area contributed by atoms with E-state index in [4.69, 9.17) is 14.7 Å². The van der Waals surface area contributed by atoms with E-state index < -0.39 is 0 Å². The maximum absolute atomic E-state index is 8.99. The number of ether oxygens (including phenoxy) is 2. The van der Waals surface area contributed by atoms with Gasteiger partial charge in [-0.3, -0.25) is 0 Å². The molecule has 0 bridgehead atoms. The average molecular weight is 221 g/mol. The molecule has 2 rings (SSSR count). The first-order chi connectivity index (χ1) is 7.71. The van der Waals surface area contributed by atoms with Crippen LogP contribution in [0.2, 0.25) is 0 Å². The van der Waals surface area contributed by atoms with Crippen molar-refractivity contribution in [1.29, 1.82) is 0 Å². The average Bonchev–Trinajstić information content (AvgIpc) is 2.61. The number of fused-ring (bicyclic) bond motifs is 1. The summed E-state index contributed by atoms with van der Waals surface area (Å²) in [5, 5.41) is 12.4. The molecule has 16 heavy (non-hydrogen) atoms. The summed E-state index contributed by atoms with van der Waals surface area (Å²) in [6, 6.07) is 3.82. The summed E-state index contributed by atoms with van der Waals surface area (Å²) in [7, 11) is 3.21. The fourth-order valence-electron chi connectivity index (χ4n) is 2.17. The van der Waals surface area contributed by atoms with Gasteiger partial charge in [0.05, 0.1) is 19.9 Å². The van der Waals surface area contributed by atoms with Crippen LogP contribution in [0.25, 0.3) is 0 Å². The molecule has 0 saturated carbocycles. The van der Waals surface area contributed by atoms with Crippen molar-refractivity contribution in [1.82, 2.24) is 0 Å². The number of hydrogen-bond acceptors (Lipinski definition) is 4. The van der Waals surface area contributed by atoms with Gasteiger partial charge in [0.2, 0.25) is 0 Å². The van der Waals surface area contributed by atoms with Gasteiger partial charge < -0.3 is 14.7 Å². The summed E-state index contributed by atoms with van der Waals surface area (Å²) in [5.41, 5.74) is 2.81. The van der Waals surface area contributed by atoms with Crippen molar-refractivity contribution < 1.29 is 14.7 Å². The summed E-state index contributed by atoms with van der Waals surface area (Å²) in [6.07, 6.45) is 0.870. The molecule has 0 saturated heterocycles. The SMILES string of the molecule is COc1cc2c(cc1OC)/C(=N/O)C(C)C2. The van der Waals surface area contributed by atoms with Gasteiger partial charge in [-0.25, -0.2) is 0 Å². The van der Waals surface area contributed by atoms with Crippen LogP contribution < -0.4 is 9.47 Å². The van der Waals surface area contributed by atoms with Gasteiger partial charge in [0.15, 0.2) is 11.5 Å². The van der Waals surface area contributed by atoms with Crippen LogP contribution in [0.3, 0.4) is 0 Å². The van der Waals surface area contributed by atoms with Crippen LogP contribution >= 0.6 is 0 Å². The number of methoxy groups -OCH3 is 2. The molecule has 0 radical (unpaired) electrons. The molecule has 0 fully saturated rings. The predicted molar refractivity (Wildman–Crippen MR) is 60.7 cm³/mol. The number of oxime groups is 1. The minimum Gasteiger partial charge on any atom is -0.493 e. The lowest BCUT2D eigenvalue weighted by Gasteiger charge is -2.09. The minimum atomic E-state index is 0.233. The molecule has 1 unspecified atom stereocenters. The van der Waals surface area contributed by atoms with Crippen molar-refractivity contribution in [2.24, 2.45) is 11.1 Å². The normalized spacial score (nSPS) is 20.9. The fraction of sp³-hybridized carbons (Fsp3) is 0.417. The molecule has 0 aromatic heterocycles. The van der Waals surface area contributed by atoms with Crippen molar-refractivity contribution in [3.8, 4) is 11.5 Å². The lowest BCUT2D eigenvalue weighted by Crippen LogP contribution is -2.05. The largest absolute Gasteiger partial charge is 0.493 e. The van der Waals surface area contributed by atoms with Gasteiger partial charge in [0, 0.05) is 11.5 Å². The first-order valence-corrected chi connectivity index (χ1v) is 5.18. The van der Waals surface area contributed by atoms with Gasteiger partial charge in [-0.05, 0) is 24.1 Å². The highest BCUT2D eigenvalue weighted by Crippen LogP contribution is 2.36. The minimum absolute atomic E-state index is 0.233. The summed E-state index contributed by atoms with van der Waals surface area (Å²) >= 11 is 0. The van der Waals surface area contributed by atoms with Crippen molar-refractivity contribution in [2.75, 3.05) is 14.2 Å². The van der Waals surface area contributed by atoms with Crippen LogP contribution in [0.5, 0.6) is 11.5 Å². The molecule has 1 N–H and O–H groups in total. The predicted octanol–water partition coefficient (Wildman–Crippen LogP) is 2.07. The van der Waals surface area contributed by atoms with Crippen molar-refractivity contribution in [3.63, 3.8) is 0 Å². The van der Waals surface area contributed by atoms with E-state index in [9.17, 15) is 0 Å². The Bertz CT molecular complexity index is 440. The Labute approximate surface area is 94.5 Å². The van der Waals surface area contributed by atoms with Gasteiger partial charge in [0.25, 0.3) is 0 Å². The quantitative estimate of drug-likeness (QED) is 0.614. The zero-order valence-corrected chi connectivity index (χ0v) is 9.65. The molecule has 4 heteroatoms. The first-order valence-electron chi connectivity index (χ1n) is 5.18. The van der Waals surface area contributed by atoms with E-state index in [1.165, 1.54) is 0 Å². The van der Waals surface area contributed by atoms with E-state index >= 15 is 0 Å². The lowest BCUT2D eigenvalue weighted by atomic mass is 10.1. The number of rotatable bonds is 2. The molecule has 4 nitrogen and oxygen atoms in total. The molecule has 0 spiro atoms. The first kappa shape index (κ1) is 10.8. The molecular weight excluding hydrogens is 206 g/mol. The second kappa shape index (κ2) is 4.04. The van der Waals surface area contributed by atoms with Crippen LogP contribution in [0.1, 0.15) is 18.1 Å². The maximum atomic E-state index is 8.99. The third-order valence-electron chi connectivity index (χ3n) is 2.99. The summed E-state index contributed by atoms with van der Waals surface area (Å²) in [6.45, 7) is 2.04. The van der Waals surface area contributed by atoms with Gasteiger partial charge in [0.1, 0.15) is 0 Å². The van der Waals surface area contributed by atoms with E-state index in [-0.39, 0.29) is 5.92 Å². The molecule has 1 aliphatic rings. The highest BCUT2D eigenvalue weighted by molar-refractivity contribution is 6.06. The molecule has 0 heterocycles. The Balaban J connectivity index is 2.56. The van der Waals surface area contributed by atoms with Gasteiger partial charge in [-0.15, -0.1) is 0 Å². The molecule has 0 aliphatic heterocycles. The number of benzene rings is 1. The second-order valence-electron chi connectivity index (χ2n) is 3.95. The van der Waals surface area contributed by atoms with Crippen LogP contribution in [0.15, 0.2) is 17.3 Å². The molecular formula is C12H15NO3. The monoisotopic (exact) mass is 221 g/mol. The number of hydrogen-bond donors (Lipinski definition) is 1. The molecule has 0 amide bonds. The zero-order valence-electron chi connectivity index (χ0n) is 9.65. The Kier molecular flexibility index (Phi) is 2.73. The summed E-state index contributed by atoms with van der Waals surface area (Å²) in [4.78, 5) is 0. The Morgan fingerprint density at radius 2 is 1.88 bits per heavy atom. The van der Waals surface area contributed by atoms with Crippen LogP contribution in [0, 0.1) is 5.92 Å². The van der Waals surface area contributed by atoms with Crippen molar-refractivity contribution in [3.05, 3.63) is 23.3 Å². The van der Waals surface area contributed by atoms with Gasteiger partial charge in [-0.1, -0.05) is 12.1 Å². The molecule has 1 aromatic rings. The maximum Gasteiger partial charge on any atom is 0.161 e. The van der Waals surface area contributed by atoms with Crippen LogP contribution in [-0.4, -0.2) is 25.1 Å². The van der Waals surface area contributed by atoms with Gasteiger partial charge in [-0.2, -0.15) is 0 Å². The van der Waals surface area contributed by atoms with Crippen LogP contribution in [0.4, 0.5) is 0 Å². The fourth-order valence-corrected chi connectivity index (χ4v) is 2.17. The molecule has 1 aliphatic carbocycles. The van der Waals surface area contributed by atoms with E-state index in [0.29, 0.717) is 11.5 Å². The highest BCUT2D eigenvalue weighted by atomic mass is 16.5. The Morgan fingerprint density at radius 3 is 2.44 bits per heavy atom. The third-order valence-corrected chi connectivity index (χ3v) is 2.99. The molecule has 1 aromatic carbocycles. The topological polar surface area (TPSA) is 51.0 Å². The molecule has 86 valence electrons. The molecule has 1 atom stereocenters. The second-order valence-corrected chi connectivity index (χ2v) is 3.95. The summed E-state index contributed by atoms with van der Waals surface area (Å²) < 4.78 is 10.5. The highest BCUT2D eigenvalue weighted by Gasteiger charge is 2.27. The van der Waals surface area contributed by atoms with Gasteiger partial charge >= 0.3 is 0 Å². The van der Waals surface area contributed by atoms with Crippen molar-refractivity contribution >= 4 is 5.71 Å². The Morgan fingerprint density at radius 1 is 1.25 bits per heavy atom. The zero-order chi connectivity index (χ0) is 11.7. The van der Waals surface area contributed by atoms with E-state index in [0.717, 1.165) is 23.3 Å². The lowest BCUT2D eigenvalue weighted by molar-refractivity contribution is 0.316. The van der Waals surface area contributed by atoms with Crippen molar-refractivity contribution in [2.45, 2.75) is 13.3 Å². The third kappa shape index (κ3) is 1.50. The smallest absolute Gasteiger partial charge is 0.161 e. The summed E-state index contributed by atoms with van der Waals surface area (Å²) in [5.74, 6) is 1.61.